The van der Waals surface area contributed by atoms with Gasteiger partial charge in [-0.15, -0.1) is 10.2 Å². The maximum atomic E-state index is 12.9. The molecule has 0 aliphatic rings. The molecule has 2 aromatic carbocycles. The summed E-state index contributed by atoms with van der Waals surface area (Å²) in [6.45, 7) is 4.25. The highest BCUT2D eigenvalue weighted by Crippen LogP contribution is 2.30. The number of aromatic nitrogens is 3. The van der Waals surface area contributed by atoms with Gasteiger partial charge in [0, 0.05) is 12.2 Å². The molecule has 1 unspecified atom stereocenters. The summed E-state index contributed by atoms with van der Waals surface area (Å²) in [5.41, 5.74) is 0.552. The fraction of sp³-hybridized carbons (Fsp3) is 0.318. The van der Waals surface area contributed by atoms with Gasteiger partial charge in [0.2, 0.25) is 5.91 Å². The number of ether oxygens (including phenoxy) is 1. The van der Waals surface area contributed by atoms with Crippen molar-refractivity contribution in [1.29, 1.82) is 0 Å². The number of halogens is 1. The molecule has 11 heteroatoms. The number of carbonyl (C=O) groups excluding carboxylic acids is 1. The summed E-state index contributed by atoms with van der Waals surface area (Å²) in [5, 5.41) is 11.6. The predicted molar refractivity (Wildman–Crippen MR) is 130 cm³/mol. The van der Waals surface area contributed by atoms with E-state index in [4.69, 9.17) is 16.3 Å². The molecule has 3 rings (SSSR count). The Labute approximate surface area is 202 Å². The van der Waals surface area contributed by atoms with E-state index in [0.29, 0.717) is 40.4 Å². The third-order valence-corrected chi connectivity index (χ3v) is 8.13. The standard InChI is InChI=1S/C22H25ClN4O4S2/c1-4-19(21(28)24-15-11-12-18(31-3)17(23)13-15)32-22-26-25-20(27(22)5-2)14-33(29,30)16-9-7-6-8-10-16/h6-13,19H,4-5,14H2,1-3H3,(H,24,28). The van der Waals surface area contributed by atoms with E-state index in [2.05, 4.69) is 15.5 Å². The molecule has 0 saturated carbocycles. The van der Waals surface area contributed by atoms with E-state index in [1.54, 1.807) is 53.1 Å². The molecule has 0 spiro atoms. The lowest BCUT2D eigenvalue weighted by molar-refractivity contribution is -0.115. The molecule has 0 saturated heterocycles. The van der Waals surface area contributed by atoms with Crippen LogP contribution in [0.1, 0.15) is 26.1 Å². The second-order valence-corrected chi connectivity index (χ2v) is 10.6. The Kier molecular flexibility index (Phi) is 8.39. The van der Waals surface area contributed by atoms with Crippen LogP contribution in [0.3, 0.4) is 0 Å². The Morgan fingerprint density at radius 2 is 1.91 bits per heavy atom. The Morgan fingerprint density at radius 3 is 2.52 bits per heavy atom. The van der Waals surface area contributed by atoms with Crippen molar-refractivity contribution in [2.24, 2.45) is 0 Å². The summed E-state index contributed by atoms with van der Waals surface area (Å²) in [7, 11) is -2.05. The Hall–Kier alpha value is -2.56. The zero-order valence-corrected chi connectivity index (χ0v) is 20.9. The lowest BCUT2D eigenvalue weighted by Crippen LogP contribution is -2.25. The summed E-state index contributed by atoms with van der Waals surface area (Å²) >= 11 is 7.39. The topological polar surface area (TPSA) is 103 Å². The Balaban J connectivity index is 1.75. The highest BCUT2D eigenvalue weighted by atomic mass is 35.5. The molecule has 1 aromatic heterocycles. The largest absolute Gasteiger partial charge is 0.495 e. The van der Waals surface area contributed by atoms with Crippen molar-refractivity contribution in [3.05, 3.63) is 59.4 Å². The molecule has 0 aliphatic carbocycles. The fourth-order valence-corrected chi connectivity index (χ4v) is 5.71. The molecule has 1 heterocycles. The second kappa shape index (κ2) is 11.0. The minimum absolute atomic E-state index is 0.215. The normalized spacial score (nSPS) is 12.4. The number of methoxy groups -OCH3 is 1. The van der Waals surface area contributed by atoms with Crippen LogP contribution in [-0.2, 0) is 26.9 Å². The maximum Gasteiger partial charge on any atom is 0.237 e. The summed E-state index contributed by atoms with van der Waals surface area (Å²) in [6.07, 6.45) is 0.536. The molecule has 33 heavy (non-hydrogen) atoms. The van der Waals surface area contributed by atoms with Crippen molar-refractivity contribution in [3.8, 4) is 5.75 Å². The number of sulfone groups is 1. The number of carbonyl (C=O) groups is 1. The predicted octanol–water partition coefficient (Wildman–Crippen LogP) is 4.44. The minimum Gasteiger partial charge on any atom is -0.495 e. The summed E-state index contributed by atoms with van der Waals surface area (Å²) < 4.78 is 32.4. The summed E-state index contributed by atoms with van der Waals surface area (Å²) in [6, 6.07) is 13.2. The number of hydrogen-bond acceptors (Lipinski definition) is 7. The highest BCUT2D eigenvalue weighted by molar-refractivity contribution is 8.00. The number of hydrogen-bond donors (Lipinski definition) is 1. The summed E-state index contributed by atoms with van der Waals surface area (Å²) in [5.74, 6) is 0.366. The van der Waals surface area contributed by atoms with Gasteiger partial charge < -0.3 is 14.6 Å². The minimum atomic E-state index is -3.57. The van der Waals surface area contributed by atoms with Gasteiger partial charge in [0.25, 0.3) is 0 Å². The highest BCUT2D eigenvalue weighted by Gasteiger charge is 2.25. The number of amides is 1. The van der Waals surface area contributed by atoms with Gasteiger partial charge in [0.1, 0.15) is 17.3 Å². The first kappa shape index (κ1) is 25.1. The lowest BCUT2D eigenvalue weighted by atomic mass is 10.2. The van der Waals surface area contributed by atoms with Gasteiger partial charge >= 0.3 is 0 Å². The molecule has 0 aliphatic heterocycles. The lowest BCUT2D eigenvalue weighted by Gasteiger charge is -2.15. The number of anilines is 1. The van der Waals surface area contributed by atoms with Crippen molar-refractivity contribution < 1.29 is 17.9 Å². The average Bonchev–Trinajstić information content (AvgIpc) is 3.18. The first-order valence-corrected chi connectivity index (χ1v) is 13.2. The van der Waals surface area contributed by atoms with E-state index in [0.717, 1.165) is 0 Å². The van der Waals surface area contributed by atoms with Gasteiger partial charge in [-0.25, -0.2) is 8.42 Å². The third-order valence-electron chi connectivity index (χ3n) is 4.86. The molecular formula is C22H25ClN4O4S2. The van der Waals surface area contributed by atoms with Gasteiger partial charge in [-0.3, -0.25) is 4.79 Å². The first-order chi connectivity index (χ1) is 15.8. The molecule has 1 atom stereocenters. The van der Waals surface area contributed by atoms with E-state index >= 15 is 0 Å². The van der Waals surface area contributed by atoms with Crippen molar-refractivity contribution in [1.82, 2.24) is 14.8 Å². The van der Waals surface area contributed by atoms with E-state index in [1.165, 1.54) is 18.9 Å². The number of thioether (sulfide) groups is 1. The average molecular weight is 509 g/mol. The Morgan fingerprint density at radius 1 is 1.18 bits per heavy atom. The van der Waals surface area contributed by atoms with Crippen LogP contribution in [0, 0.1) is 0 Å². The van der Waals surface area contributed by atoms with Crippen molar-refractivity contribution >= 4 is 44.8 Å². The smallest absolute Gasteiger partial charge is 0.237 e. The fourth-order valence-electron chi connectivity index (χ4n) is 3.13. The SMILES string of the molecule is CCC(Sc1nnc(CS(=O)(=O)c2ccccc2)n1CC)C(=O)Nc1ccc(OC)c(Cl)c1. The summed E-state index contributed by atoms with van der Waals surface area (Å²) in [4.78, 5) is 13.1. The van der Waals surface area contributed by atoms with Crippen molar-refractivity contribution in [2.75, 3.05) is 12.4 Å². The van der Waals surface area contributed by atoms with Crippen LogP contribution in [0.5, 0.6) is 5.75 Å². The van der Waals surface area contributed by atoms with Crippen molar-refractivity contribution in [3.63, 3.8) is 0 Å². The Bertz CT molecular complexity index is 1220. The molecule has 3 aromatic rings. The number of rotatable bonds is 10. The zero-order valence-electron chi connectivity index (χ0n) is 18.5. The van der Waals surface area contributed by atoms with E-state index in [9.17, 15) is 13.2 Å². The molecule has 1 N–H and O–H groups in total. The van der Waals surface area contributed by atoms with Gasteiger partial charge in [-0.1, -0.05) is 48.5 Å². The molecule has 176 valence electrons. The van der Waals surface area contributed by atoms with E-state index in [1.807, 2.05) is 13.8 Å². The number of benzene rings is 2. The van der Waals surface area contributed by atoms with Gasteiger partial charge in [-0.05, 0) is 43.7 Å². The zero-order chi connectivity index (χ0) is 24.0. The molecule has 0 fully saturated rings. The monoisotopic (exact) mass is 508 g/mol. The number of nitrogens with zero attached hydrogens (tertiary/aromatic N) is 3. The van der Waals surface area contributed by atoms with Crippen molar-refractivity contribution in [2.45, 2.75) is 47.9 Å². The second-order valence-electron chi connectivity index (χ2n) is 7.07. The van der Waals surface area contributed by atoms with E-state index in [-0.39, 0.29) is 16.6 Å². The maximum absolute atomic E-state index is 12.9. The molecule has 0 radical (unpaired) electrons. The first-order valence-electron chi connectivity index (χ1n) is 10.3. The van der Waals surface area contributed by atoms with Gasteiger partial charge in [0.15, 0.2) is 15.0 Å². The van der Waals surface area contributed by atoms with Crippen LogP contribution in [-0.4, -0.2) is 41.4 Å². The van der Waals surface area contributed by atoms with Crippen LogP contribution < -0.4 is 10.1 Å². The molecule has 8 nitrogen and oxygen atoms in total. The van der Waals surface area contributed by atoms with Crippen LogP contribution >= 0.6 is 23.4 Å². The molecule has 1 amide bonds. The van der Waals surface area contributed by atoms with Crippen LogP contribution in [0.4, 0.5) is 5.69 Å². The van der Waals surface area contributed by atoms with Gasteiger partial charge in [0.05, 0.1) is 22.3 Å². The third kappa shape index (κ3) is 6.07. The van der Waals surface area contributed by atoms with Crippen LogP contribution in [0.15, 0.2) is 58.6 Å². The molecule has 0 bridgehead atoms. The van der Waals surface area contributed by atoms with Crippen LogP contribution in [0.25, 0.3) is 0 Å². The van der Waals surface area contributed by atoms with E-state index < -0.39 is 15.1 Å². The van der Waals surface area contributed by atoms with Gasteiger partial charge in [-0.2, -0.15) is 0 Å². The quantitative estimate of drug-likeness (QED) is 0.403. The van der Waals surface area contributed by atoms with Crippen LogP contribution in [0.2, 0.25) is 5.02 Å². The number of nitrogens with one attached hydrogen (secondary N) is 1. The molecular weight excluding hydrogens is 484 g/mol.